The van der Waals surface area contributed by atoms with E-state index in [1.165, 1.54) is 6.07 Å². The van der Waals surface area contributed by atoms with Crippen molar-refractivity contribution in [3.8, 4) is 0 Å². The summed E-state index contributed by atoms with van der Waals surface area (Å²) in [6.45, 7) is 2.03. The largest absolute Gasteiger partial charge is 0.481 e. The standard InChI is InChI=1S/C11H14F3N3O2/c1-7(10(18)19)3-2-6-15-9-5-4-8(16-17-9)11(12,13)14/h4-5,7H,2-3,6H2,1H3,(H,15,17)(H,18,19). The lowest BCUT2D eigenvalue weighted by Gasteiger charge is -2.08. The lowest BCUT2D eigenvalue weighted by Crippen LogP contribution is -2.13. The minimum Gasteiger partial charge on any atom is -0.481 e. The highest BCUT2D eigenvalue weighted by Crippen LogP contribution is 2.27. The highest BCUT2D eigenvalue weighted by Gasteiger charge is 2.32. The number of nitrogens with one attached hydrogen (secondary N) is 1. The summed E-state index contributed by atoms with van der Waals surface area (Å²) in [6.07, 6.45) is -3.44. The fourth-order valence-corrected chi connectivity index (χ4v) is 1.33. The quantitative estimate of drug-likeness (QED) is 0.781. The Morgan fingerprint density at radius 2 is 2.11 bits per heavy atom. The Balaban J connectivity index is 2.37. The van der Waals surface area contributed by atoms with Crippen LogP contribution in [0.1, 0.15) is 25.5 Å². The predicted molar refractivity (Wildman–Crippen MR) is 61.6 cm³/mol. The van der Waals surface area contributed by atoms with Crippen LogP contribution in [0.4, 0.5) is 19.0 Å². The Morgan fingerprint density at radius 1 is 1.42 bits per heavy atom. The van der Waals surface area contributed by atoms with Crippen molar-refractivity contribution in [1.82, 2.24) is 10.2 Å². The van der Waals surface area contributed by atoms with E-state index < -0.39 is 23.8 Å². The lowest BCUT2D eigenvalue weighted by molar-refractivity contribution is -0.142. The smallest absolute Gasteiger partial charge is 0.435 e. The van der Waals surface area contributed by atoms with Crippen LogP contribution in [0.5, 0.6) is 0 Å². The minimum absolute atomic E-state index is 0.232. The fourth-order valence-electron chi connectivity index (χ4n) is 1.33. The Labute approximate surface area is 107 Å². The van der Waals surface area contributed by atoms with Crippen LogP contribution in [-0.4, -0.2) is 27.8 Å². The highest BCUT2D eigenvalue weighted by molar-refractivity contribution is 5.69. The van der Waals surface area contributed by atoms with Gasteiger partial charge in [-0.3, -0.25) is 4.79 Å². The van der Waals surface area contributed by atoms with E-state index in [1.54, 1.807) is 6.92 Å². The monoisotopic (exact) mass is 277 g/mol. The molecule has 5 nitrogen and oxygen atoms in total. The number of halogens is 3. The third-order valence-corrected chi connectivity index (χ3v) is 2.50. The summed E-state index contributed by atoms with van der Waals surface area (Å²) >= 11 is 0. The van der Waals surface area contributed by atoms with Crippen molar-refractivity contribution in [3.63, 3.8) is 0 Å². The van der Waals surface area contributed by atoms with Crippen LogP contribution in [-0.2, 0) is 11.0 Å². The average molecular weight is 277 g/mol. The predicted octanol–water partition coefficient (Wildman–Crippen LogP) is 2.41. The second kappa shape index (κ2) is 6.35. The van der Waals surface area contributed by atoms with Gasteiger partial charge in [-0.1, -0.05) is 6.92 Å². The first-order valence-electron chi connectivity index (χ1n) is 5.68. The highest BCUT2D eigenvalue weighted by atomic mass is 19.4. The number of aliphatic carboxylic acids is 1. The molecule has 0 amide bonds. The maximum absolute atomic E-state index is 12.2. The van der Waals surface area contributed by atoms with Gasteiger partial charge in [-0.05, 0) is 25.0 Å². The van der Waals surface area contributed by atoms with Gasteiger partial charge in [-0.15, -0.1) is 10.2 Å². The maximum atomic E-state index is 12.2. The molecule has 0 aliphatic rings. The number of rotatable bonds is 6. The van der Waals surface area contributed by atoms with E-state index in [-0.39, 0.29) is 5.82 Å². The van der Waals surface area contributed by atoms with E-state index in [0.717, 1.165) is 6.07 Å². The molecule has 1 rings (SSSR count). The van der Waals surface area contributed by atoms with Gasteiger partial charge in [0.25, 0.3) is 0 Å². The van der Waals surface area contributed by atoms with Crippen LogP contribution in [0.25, 0.3) is 0 Å². The number of anilines is 1. The summed E-state index contributed by atoms with van der Waals surface area (Å²) in [5.74, 6) is -1.08. The molecule has 0 spiro atoms. The zero-order valence-corrected chi connectivity index (χ0v) is 10.2. The normalized spacial score (nSPS) is 13.1. The summed E-state index contributed by atoms with van der Waals surface area (Å²) in [5, 5.41) is 17.9. The molecule has 1 atom stereocenters. The molecule has 0 saturated heterocycles. The number of nitrogens with zero attached hydrogens (tertiary/aromatic N) is 2. The Morgan fingerprint density at radius 3 is 2.58 bits per heavy atom. The summed E-state index contributed by atoms with van der Waals surface area (Å²) < 4.78 is 36.6. The number of alkyl halides is 3. The number of carbonyl (C=O) groups is 1. The van der Waals surface area contributed by atoms with E-state index in [4.69, 9.17) is 5.11 Å². The molecule has 1 aromatic rings. The molecular formula is C11H14F3N3O2. The molecule has 8 heteroatoms. The molecule has 106 valence electrons. The van der Waals surface area contributed by atoms with Gasteiger partial charge >= 0.3 is 12.1 Å². The van der Waals surface area contributed by atoms with Crippen LogP contribution in [0.2, 0.25) is 0 Å². The number of hydrogen-bond acceptors (Lipinski definition) is 4. The van der Waals surface area contributed by atoms with E-state index in [2.05, 4.69) is 15.5 Å². The van der Waals surface area contributed by atoms with Crippen LogP contribution in [0, 0.1) is 5.92 Å². The van der Waals surface area contributed by atoms with Gasteiger partial charge in [-0.25, -0.2) is 0 Å². The average Bonchev–Trinajstić information content (AvgIpc) is 2.33. The Kier molecular flexibility index (Phi) is 5.08. The van der Waals surface area contributed by atoms with Crippen LogP contribution >= 0.6 is 0 Å². The first-order chi connectivity index (χ1) is 8.80. The van der Waals surface area contributed by atoms with Gasteiger partial charge in [0.15, 0.2) is 5.69 Å². The minimum atomic E-state index is -4.50. The molecule has 2 N–H and O–H groups in total. The van der Waals surface area contributed by atoms with E-state index in [1.807, 2.05) is 0 Å². The molecule has 0 radical (unpaired) electrons. The second-order valence-electron chi connectivity index (χ2n) is 4.11. The molecule has 0 saturated carbocycles. The molecule has 19 heavy (non-hydrogen) atoms. The zero-order chi connectivity index (χ0) is 14.5. The number of carboxylic acid groups (broad SMARTS) is 1. The third kappa shape index (κ3) is 5.11. The van der Waals surface area contributed by atoms with Gasteiger partial charge in [0.2, 0.25) is 0 Å². The topological polar surface area (TPSA) is 75.1 Å². The fraction of sp³-hybridized carbons (Fsp3) is 0.545. The van der Waals surface area contributed by atoms with Gasteiger partial charge in [-0.2, -0.15) is 13.2 Å². The van der Waals surface area contributed by atoms with E-state index in [9.17, 15) is 18.0 Å². The van der Waals surface area contributed by atoms with Crippen LogP contribution in [0.3, 0.4) is 0 Å². The lowest BCUT2D eigenvalue weighted by atomic mass is 10.1. The Hall–Kier alpha value is -1.86. The molecule has 0 aliphatic heterocycles. The number of carboxylic acids is 1. The first kappa shape index (κ1) is 15.2. The van der Waals surface area contributed by atoms with Gasteiger partial charge < -0.3 is 10.4 Å². The van der Waals surface area contributed by atoms with Crippen molar-refractivity contribution >= 4 is 11.8 Å². The van der Waals surface area contributed by atoms with Gasteiger partial charge in [0, 0.05) is 6.54 Å². The van der Waals surface area contributed by atoms with Gasteiger partial charge in [0.1, 0.15) is 5.82 Å². The van der Waals surface area contributed by atoms with Crippen molar-refractivity contribution in [2.45, 2.75) is 25.9 Å². The van der Waals surface area contributed by atoms with Crippen molar-refractivity contribution in [3.05, 3.63) is 17.8 Å². The molecule has 0 aliphatic carbocycles. The van der Waals surface area contributed by atoms with Crippen molar-refractivity contribution < 1.29 is 23.1 Å². The summed E-state index contributed by atoms with van der Waals surface area (Å²) in [4.78, 5) is 10.5. The number of hydrogen-bond donors (Lipinski definition) is 2. The summed E-state index contributed by atoms with van der Waals surface area (Å²) in [5.41, 5.74) is -1.04. The third-order valence-electron chi connectivity index (χ3n) is 2.50. The molecule has 0 bridgehead atoms. The molecule has 1 unspecified atom stereocenters. The summed E-state index contributed by atoms with van der Waals surface area (Å²) in [7, 11) is 0. The van der Waals surface area contributed by atoms with Crippen molar-refractivity contribution in [2.75, 3.05) is 11.9 Å². The molecular weight excluding hydrogens is 263 g/mol. The maximum Gasteiger partial charge on any atom is 0.435 e. The molecule has 1 heterocycles. The summed E-state index contributed by atoms with van der Waals surface area (Å²) in [6, 6.07) is 2.03. The Bertz CT molecular complexity index is 420. The van der Waals surface area contributed by atoms with Crippen molar-refractivity contribution in [2.24, 2.45) is 5.92 Å². The zero-order valence-electron chi connectivity index (χ0n) is 10.2. The van der Waals surface area contributed by atoms with E-state index in [0.29, 0.717) is 19.4 Å². The van der Waals surface area contributed by atoms with E-state index >= 15 is 0 Å². The number of aromatic nitrogens is 2. The molecule has 0 fully saturated rings. The second-order valence-corrected chi connectivity index (χ2v) is 4.11. The van der Waals surface area contributed by atoms with Gasteiger partial charge in [0.05, 0.1) is 5.92 Å². The van der Waals surface area contributed by atoms with Crippen molar-refractivity contribution in [1.29, 1.82) is 0 Å². The van der Waals surface area contributed by atoms with Crippen LogP contribution in [0.15, 0.2) is 12.1 Å². The molecule has 0 aromatic carbocycles. The van der Waals surface area contributed by atoms with Crippen LogP contribution < -0.4 is 5.32 Å². The first-order valence-corrected chi connectivity index (χ1v) is 5.68. The SMILES string of the molecule is CC(CCCNc1ccc(C(F)(F)F)nn1)C(=O)O. The molecule has 1 aromatic heterocycles.